The van der Waals surface area contributed by atoms with E-state index in [1.807, 2.05) is 12.1 Å². The van der Waals surface area contributed by atoms with E-state index in [1.165, 1.54) is 6.92 Å². The third-order valence-electron chi connectivity index (χ3n) is 14.4. The molecule has 1 aliphatic heterocycles. The molecule has 0 radical (unpaired) electrons. The molecule has 1 saturated heterocycles. The Hall–Kier alpha value is -5.44. The van der Waals surface area contributed by atoms with Crippen molar-refractivity contribution in [3.8, 4) is 11.1 Å². The lowest BCUT2D eigenvalue weighted by molar-refractivity contribution is -0.199. The lowest BCUT2D eigenvalue weighted by atomic mass is 9.43. The van der Waals surface area contributed by atoms with Crippen LogP contribution in [-0.2, 0) is 42.7 Å². The van der Waals surface area contributed by atoms with Crippen LogP contribution in [0, 0.1) is 17.3 Å². The van der Waals surface area contributed by atoms with Gasteiger partial charge in [-0.2, -0.15) is 0 Å². The predicted octanol–water partition coefficient (Wildman–Crippen LogP) is 7.17. The zero-order chi connectivity index (χ0) is 57.4. The second-order valence-electron chi connectivity index (χ2n) is 24.6. The number of benzene rings is 2. The maximum absolute atomic E-state index is 14.4. The van der Waals surface area contributed by atoms with Gasteiger partial charge in [0.2, 0.25) is 23.6 Å². The van der Waals surface area contributed by atoms with Gasteiger partial charge in [-0.1, -0.05) is 49.7 Å². The van der Waals surface area contributed by atoms with Crippen LogP contribution in [0.4, 0.5) is 9.59 Å². The Labute approximate surface area is 460 Å². The minimum absolute atomic E-state index is 0.0987. The Bertz CT molecular complexity index is 2410. The first-order chi connectivity index (χ1) is 35.7. The third-order valence-corrected chi connectivity index (χ3v) is 14.6. The Balaban J connectivity index is 1.30. The Morgan fingerprint density at radius 2 is 1.19 bits per heavy atom. The highest BCUT2D eigenvalue weighted by Gasteiger charge is 2.68. The number of ether oxygens (including phenoxy) is 3. The highest BCUT2D eigenvalue weighted by atomic mass is 35.5. The lowest BCUT2D eigenvalue weighted by Gasteiger charge is -2.64. The van der Waals surface area contributed by atoms with Crippen LogP contribution in [0.15, 0.2) is 48.5 Å². The van der Waals surface area contributed by atoms with E-state index in [9.17, 15) is 33.6 Å². The summed E-state index contributed by atoms with van der Waals surface area (Å²) in [7, 11) is -0.720. The summed E-state index contributed by atoms with van der Waals surface area (Å²) in [4.78, 5) is 95.8. The summed E-state index contributed by atoms with van der Waals surface area (Å²) < 4.78 is 30.0. The van der Waals surface area contributed by atoms with E-state index in [2.05, 4.69) is 58.0 Å². The summed E-state index contributed by atoms with van der Waals surface area (Å²) in [5, 5.41) is 19.9. The van der Waals surface area contributed by atoms with Gasteiger partial charge in [0.15, 0.2) is 0 Å². The number of rotatable bonds is 22. The molecule has 77 heavy (non-hydrogen) atoms. The second kappa shape index (κ2) is 25.6. The maximum atomic E-state index is 14.4. The summed E-state index contributed by atoms with van der Waals surface area (Å²) in [6.07, 6.45) is 0.458. The highest BCUT2D eigenvalue weighted by molar-refractivity contribution is 6.47. The van der Waals surface area contributed by atoms with Gasteiger partial charge in [-0.25, -0.2) is 9.59 Å². The van der Waals surface area contributed by atoms with Gasteiger partial charge in [-0.05, 0) is 181 Å². The zero-order valence-corrected chi connectivity index (χ0v) is 48.6. The number of carbonyl (C=O) groups excluding carboxylic acids is 7. The molecular formula is C56H85BClN7O12. The molecule has 7 amide bonds. The molecule has 7 N–H and O–H groups in total. The first kappa shape index (κ1) is 62.4. The van der Waals surface area contributed by atoms with E-state index in [-0.39, 0.29) is 43.0 Å². The second-order valence-corrected chi connectivity index (χ2v) is 25.0. The van der Waals surface area contributed by atoms with Crippen LogP contribution in [0.2, 0.25) is 5.02 Å². The summed E-state index contributed by atoms with van der Waals surface area (Å²) in [5.74, 6) is -3.10. The van der Waals surface area contributed by atoms with Crippen molar-refractivity contribution in [2.24, 2.45) is 17.3 Å². The van der Waals surface area contributed by atoms with Crippen molar-refractivity contribution in [2.45, 2.75) is 207 Å². The molecule has 0 spiro atoms. The van der Waals surface area contributed by atoms with Crippen molar-refractivity contribution >= 4 is 60.4 Å². The Kier molecular flexibility index (Phi) is 20.7. The number of halogens is 1. The molecule has 1 heterocycles. The van der Waals surface area contributed by atoms with Gasteiger partial charge in [-0.15, -0.1) is 0 Å². The average molecular weight is 1090 g/mol. The molecule has 21 heteroatoms. The molecule has 2 aromatic carbocycles. The van der Waals surface area contributed by atoms with Crippen LogP contribution in [0.3, 0.4) is 0 Å². The molecule has 4 fully saturated rings. The number of carbonyl (C=O) groups is 7. The first-order valence-corrected chi connectivity index (χ1v) is 27.4. The molecule has 10 atom stereocenters. The fourth-order valence-electron chi connectivity index (χ4n) is 10.3. The van der Waals surface area contributed by atoms with Gasteiger partial charge in [0, 0.05) is 23.7 Å². The Morgan fingerprint density at radius 1 is 0.649 bits per heavy atom. The van der Waals surface area contributed by atoms with Crippen LogP contribution in [0.5, 0.6) is 0 Å². The van der Waals surface area contributed by atoms with Gasteiger partial charge in [0.05, 0.1) is 29.4 Å². The van der Waals surface area contributed by atoms with Gasteiger partial charge in [-0.3, -0.25) is 24.0 Å². The predicted molar refractivity (Wildman–Crippen MR) is 295 cm³/mol. The molecule has 0 unspecified atom stereocenters. The molecule has 0 aromatic heterocycles. The average Bonchev–Trinajstić information content (AvgIpc) is 3.68. The van der Waals surface area contributed by atoms with Crippen LogP contribution in [0.25, 0.3) is 11.1 Å². The van der Waals surface area contributed by atoms with Gasteiger partial charge in [0.25, 0.3) is 5.91 Å². The van der Waals surface area contributed by atoms with Crippen LogP contribution in [0.1, 0.15) is 153 Å². The van der Waals surface area contributed by atoms with Crippen molar-refractivity contribution in [2.75, 3.05) is 13.1 Å². The topological polar surface area (TPSA) is 250 Å². The molecule has 19 nitrogen and oxygen atoms in total. The third kappa shape index (κ3) is 17.8. The standard InChI is InChI=1S/C56H85BClN7O12/c1-32(45(66)63-40(18-16-17-28-59-50(71)74-53(7,8)9)47(68)62-34(3)57-76-43-31-38-30-42(55(38,13)14)56(43,15)77-57)61-49(70)44(33(2)73-52(4,5)6)65-48(69)41(27-29-60-51(72)75-54(10,11)12)64-46(67)37-21-19-35(20-22-37)36-23-25-39(58)26-24-36/h19-26,32-34,38,40-44H,16-18,27-31H2,1-15H3,(H,59,71)(H,60,72)(H,61,70)(H,62,68)(H,63,66)(H,64,67)(H,65,69)/t32-,33+,34-,38-,40-,41-,42-,43+,44-,56-/m0/s1. The largest absolute Gasteiger partial charge is 0.481 e. The van der Waals surface area contributed by atoms with E-state index < -0.39 is 107 Å². The van der Waals surface area contributed by atoms with Gasteiger partial charge < -0.3 is 60.7 Å². The molecule has 2 bridgehead atoms. The minimum Gasteiger partial charge on any atom is -0.444 e. The molecular weight excluding hydrogens is 1010 g/mol. The van der Waals surface area contributed by atoms with Crippen molar-refractivity contribution in [3.05, 3.63) is 59.1 Å². The zero-order valence-electron chi connectivity index (χ0n) is 47.8. The fourth-order valence-corrected chi connectivity index (χ4v) is 10.4. The van der Waals surface area contributed by atoms with E-state index in [0.717, 1.165) is 24.0 Å². The summed E-state index contributed by atoms with van der Waals surface area (Å²) in [6, 6.07) is 8.93. The first-order valence-electron chi connectivity index (χ1n) is 27.0. The summed E-state index contributed by atoms with van der Waals surface area (Å²) in [5.41, 5.74) is -0.710. The molecule has 6 rings (SSSR count). The van der Waals surface area contributed by atoms with E-state index in [4.69, 9.17) is 35.1 Å². The van der Waals surface area contributed by atoms with E-state index in [1.54, 1.807) is 113 Å². The van der Waals surface area contributed by atoms with Gasteiger partial charge >= 0.3 is 19.3 Å². The van der Waals surface area contributed by atoms with E-state index in [0.29, 0.717) is 29.7 Å². The highest BCUT2D eigenvalue weighted by Crippen LogP contribution is 2.65. The smallest absolute Gasteiger partial charge is 0.444 e. The normalized spacial score (nSPS) is 22.0. The monoisotopic (exact) mass is 1090 g/mol. The van der Waals surface area contributed by atoms with Crippen molar-refractivity contribution < 1.29 is 57.1 Å². The molecule has 4 aliphatic rings. The summed E-state index contributed by atoms with van der Waals surface area (Å²) >= 11 is 6.08. The molecule has 3 saturated carbocycles. The minimum atomic E-state index is -1.42. The maximum Gasteiger partial charge on any atom is 0.481 e. The van der Waals surface area contributed by atoms with E-state index >= 15 is 0 Å². The number of amides is 7. The molecule has 2 aromatic rings. The lowest BCUT2D eigenvalue weighted by Crippen LogP contribution is -2.65. The molecule has 426 valence electrons. The van der Waals surface area contributed by atoms with Crippen LogP contribution >= 0.6 is 11.6 Å². The quantitative estimate of drug-likeness (QED) is 0.0458. The number of nitrogens with one attached hydrogen (secondary N) is 7. The van der Waals surface area contributed by atoms with Crippen LogP contribution < -0.4 is 37.2 Å². The van der Waals surface area contributed by atoms with Crippen molar-refractivity contribution in [3.63, 3.8) is 0 Å². The fraction of sp³-hybridized carbons (Fsp3) is 0.661. The number of alkyl carbamates (subject to hydrolysis) is 2. The van der Waals surface area contributed by atoms with Crippen molar-refractivity contribution in [1.29, 1.82) is 0 Å². The number of unbranched alkanes of at least 4 members (excludes halogenated alkanes) is 1. The van der Waals surface area contributed by atoms with Crippen LogP contribution in [-0.4, -0.2) is 127 Å². The molecule has 3 aliphatic carbocycles. The number of hydrogen-bond donors (Lipinski definition) is 7. The summed E-state index contributed by atoms with van der Waals surface area (Å²) in [6.45, 7) is 27.4. The Morgan fingerprint density at radius 3 is 1.75 bits per heavy atom. The van der Waals surface area contributed by atoms with Gasteiger partial charge in [0.1, 0.15) is 35.4 Å². The number of hydrogen-bond acceptors (Lipinski definition) is 12. The van der Waals surface area contributed by atoms with Crippen molar-refractivity contribution in [1.82, 2.24) is 37.2 Å². The SMILES string of the molecule is C[C@H](NC(=O)[C@H](CCCCNC(=O)OC(C)(C)C)NC(=O)[C@H](C)NC(=O)[C@@H](NC(=O)[C@H](CCNC(=O)OC(C)(C)C)NC(=O)c1ccc(-c2ccc(Cl)cc2)cc1)[C@@H](C)OC(C)(C)C)B1O[C@@H]2C[C@@H]3C[C@@H](C3(C)C)[C@]2(C)O1.